The molecule has 1 aliphatic carbocycles. The Balaban J connectivity index is 1.72. The number of nitrogens with zero attached hydrogens (tertiary/aromatic N) is 2. The van der Waals surface area contributed by atoms with Crippen molar-refractivity contribution < 1.29 is 35.6 Å². The summed E-state index contributed by atoms with van der Waals surface area (Å²) >= 11 is 0. The smallest absolute Gasteiger partial charge is 0.264 e. The molecular formula is C27H31F2N3O6S. The van der Waals surface area contributed by atoms with Gasteiger partial charge in [-0.3, -0.25) is 8.98 Å². The van der Waals surface area contributed by atoms with E-state index in [-0.39, 0.29) is 30.9 Å². The van der Waals surface area contributed by atoms with E-state index in [4.69, 9.17) is 13.7 Å². The van der Waals surface area contributed by atoms with Crippen LogP contribution in [0.15, 0.2) is 49.3 Å². The number of amides is 1. The molecule has 1 aromatic carbocycles. The first-order chi connectivity index (χ1) is 18.3. The fraction of sp³-hybridized carbons (Fsp3) is 0.407. The molecule has 3 aromatic rings. The summed E-state index contributed by atoms with van der Waals surface area (Å²) in [6.07, 6.45) is 2.81. The number of rotatable bonds is 12. The number of nitrogens with one attached hydrogen (secondary N) is 1. The Morgan fingerprint density at radius 2 is 2.08 bits per heavy atom. The molecular weight excluding hydrogens is 532 g/mol. The van der Waals surface area contributed by atoms with E-state index in [1.807, 2.05) is 26.0 Å². The molecule has 0 saturated heterocycles. The van der Waals surface area contributed by atoms with Gasteiger partial charge >= 0.3 is 0 Å². The number of alkyl halides is 2. The highest BCUT2D eigenvalue weighted by Crippen LogP contribution is 2.35. The molecule has 3 atom stereocenters. The molecule has 2 heterocycles. The number of fused-ring (bicyclic) bond motifs is 1. The number of methoxy groups -OCH3 is 1. The third-order valence-corrected chi connectivity index (χ3v) is 7.03. The second-order valence-electron chi connectivity index (χ2n) is 10.1. The first kappa shape index (κ1) is 28.7. The molecule has 2 aromatic heterocycles. The minimum atomic E-state index is -3.60. The van der Waals surface area contributed by atoms with Gasteiger partial charge in [-0.25, -0.2) is 13.3 Å². The van der Waals surface area contributed by atoms with Crippen LogP contribution in [0.5, 0.6) is 5.75 Å². The summed E-state index contributed by atoms with van der Waals surface area (Å²) in [5, 5.41) is 7.09. The van der Waals surface area contributed by atoms with Crippen molar-refractivity contribution in [1.29, 1.82) is 0 Å². The van der Waals surface area contributed by atoms with Crippen molar-refractivity contribution in [1.82, 2.24) is 14.9 Å². The maximum atomic E-state index is 13.9. The third kappa shape index (κ3) is 6.63. The van der Waals surface area contributed by atoms with E-state index in [9.17, 15) is 22.0 Å². The number of aromatic nitrogens is 2. The fourth-order valence-corrected chi connectivity index (χ4v) is 4.61. The molecule has 9 nitrogen and oxygen atoms in total. The van der Waals surface area contributed by atoms with E-state index in [2.05, 4.69) is 17.0 Å². The highest BCUT2D eigenvalue weighted by atomic mass is 32.2. The predicted molar refractivity (Wildman–Crippen MR) is 142 cm³/mol. The number of carbonyl (C=O) groups is 1. The number of halogens is 2. The van der Waals surface area contributed by atoms with Gasteiger partial charge in [0.1, 0.15) is 11.9 Å². The van der Waals surface area contributed by atoms with Crippen molar-refractivity contribution in [3.05, 3.63) is 66.0 Å². The van der Waals surface area contributed by atoms with Crippen LogP contribution in [-0.4, -0.2) is 62.5 Å². The average molecular weight is 564 g/mol. The van der Waals surface area contributed by atoms with E-state index < -0.39 is 40.0 Å². The van der Waals surface area contributed by atoms with Gasteiger partial charge in [0.2, 0.25) is 6.36 Å². The molecule has 1 fully saturated rings. The lowest BCUT2D eigenvalue weighted by atomic mass is 9.86. The molecule has 4 rings (SSSR count). The normalized spacial score (nSPS) is 18.1. The molecule has 0 aliphatic heterocycles. The number of ether oxygens (including phenoxy) is 2. The van der Waals surface area contributed by atoms with Crippen LogP contribution in [0.2, 0.25) is 0 Å². The van der Waals surface area contributed by atoms with Crippen molar-refractivity contribution >= 4 is 21.5 Å². The van der Waals surface area contributed by atoms with Crippen molar-refractivity contribution in [2.45, 2.75) is 50.9 Å². The third-order valence-electron chi connectivity index (χ3n) is 6.49. The Morgan fingerprint density at radius 3 is 2.69 bits per heavy atom. The van der Waals surface area contributed by atoms with Crippen LogP contribution in [0.1, 0.15) is 41.8 Å². The number of benzene rings is 1. The van der Waals surface area contributed by atoms with Gasteiger partial charge in [-0.1, -0.05) is 26.5 Å². The highest BCUT2D eigenvalue weighted by molar-refractivity contribution is 7.85. The van der Waals surface area contributed by atoms with Gasteiger partial charge in [0.25, 0.3) is 16.0 Å². The van der Waals surface area contributed by atoms with Gasteiger partial charge in [-0.05, 0) is 41.0 Å². The van der Waals surface area contributed by atoms with E-state index in [1.54, 1.807) is 29.0 Å². The van der Waals surface area contributed by atoms with E-state index >= 15 is 0 Å². The quantitative estimate of drug-likeness (QED) is 0.261. The lowest BCUT2D eigenvalue weighted by Crippen LogP contribution is -2.28. The maximum absolute atomic E-state index is 13.9. The molecule has 210 valence electrons. The minimum absolute atomic E-state index is 0.0418. The van der Waals surface area contributed by atoms with Crippen LogP contribution in [-0.2, 0) is 31.1 Å². The average Bonchev–Trinajstić information content (AvgIpc) is 3.41. The Morgan fingerprint density at radius 1 is 1.36 bits per heavy atom. The summed E-state index contributed by atoms with van der Waals surface area (Å²) < 4.78 is 67.7. The fourth-order valence-electron chi connectivity index (χ4n) is 4.10. The predicted octanol–water partition coefficient (Wildman–Crippen LogP) is 4.10. The molecule has 1 amide bonds. The standard InChI is InChI=1S/C27H31F2N3O6S/c1-6-24(29)37-14-17-9-16(10-23(36-4)25(17)26(33)31-21-11-20(21)28)19-12-30-32-13-18(7-8-22(19)32)27(2,3)15-38-39(5,34)35/h6-10,12-13,20-21,24H,1,11,14-15H2,2-5H3,(H,31,33)/t20-,21+,24?/m0/s1. The molecule has 1 aliphatic rings. The van der Waals surface area contributed by atoms with Gasteiger partial charge in [0, 0.05) is 23.6 Å². The lowest BCUT2D eigenvalue weighted by Gasteiger charge is -2.24. The van der Waals surface area contributed by atoms with Crippen LogP contribution < -0.4 is 10.1 Å². The number of pyridine rings is 1. The van der Waals surface area contributed by atoms with Gasteiger partial charge in [0.15, 0.2) is 0 Å². The number of carbonyl (C=O) groups excluding carboxylic acids is 1. The van der Waals surface area contributed by atoms with Crippen LogP contribution in [0.3, 0.4) is 0 Å². The Hall–Kier alpha value is -3.35. The second kappa shape index (κ2) is 11.0. The summed E-state index contributed by atoms with van der Waals surface area (Å²) in [6, 6.07) is 6.47. The summed E-state index contributed by atoms with van der Waals surface area (Å²) in [6.45, 7) is 6.78. The summed E-state index contributed by atoms with van der Waals surface area (Å²) in [5.41, 5.74) is 2.70. The second-order valence-corrected chi connectivity index (χ2v) is 11.7. The zero-order valence-corrected chi connectivity index (χ0v) is 22.9. The zero-order chi connectivity index (χ0) is 28.5. The minimum Gasteiger partial charge on any atom is -0.496 e. The van der Waals surface area contributed by atoms with Crippen molar-refractivity contribution in [2.75, 3.05) is 20.0 Å². The molecule has 0 radical (unpaired) electrons. The van der Waals surface area contributed by atoms with E-state index in [0.717, 1.165) is 23.4 Å². The number of hydrogen-bond acceptors (Lipinski definition) is 7. The van der Waals surface area contributed by atoms with Crippen LogP contribution in [0.25, 0.3) is 16.6 Å². The Kier molecular flexibility index (Phi) is 8.10. The Bertz CT molecular complexity index is 1500. The lowest BCUT2D eigenvalue weighted by molar-refractivity contribution is -0.0142. The maximum Gasteiger partial charge on any atom is 0.264 e. The summed E-state index contributed by atoms with van der Waals surface area (Å²) in [4.78, 5) is 13.0. The van der Waals surface area contributed by atoms with Crippen LogP contribution in [0, 0.1) is 0 Å². The van der Waals surface area contributed by atoms with Crippen LogP contribution >= 0.6 is 0 Å². The molecule has 0 bridgehead atoms. The topological polar surface area (TPSA) is 108 Å². The first-order valence-corrected chi connectivity index (χ1v) is 14.0. The Labute approximate surface area is 225 Å². The first-order valence-electron chi connectivity index (χ1n) is 12.2. The van der Waals surface area contributed by atoms with Crippen molar-refractivity contribution in [2.24, 2.45) is 0 Å². The molecule has 1 unspecified atom stereocenters. The van der Waals surface area contributed by atoms with Gasteiger partial charge in [0.05, 0.1) is 49.9 Å². The SMILES string of the molecule is C=CC(F)OCc1cc(-c2cnn3cc(C(C)(C)COS(C)(=O)=O)ccc23)cc(OC)c1C(=O)N[C@@H]1C[C@@H]1F. The zero-order valence-electron chi connectivity index (χ0n) is 22.1. The molecule has 1 saturated carbocycles. The van der Waals surface area contributed by atoms with Crippen LogP contribution in [0.4, 0.5) is 8.78 Å². The monoisotopic (exact) mass is 563 g/mol. The van der Waals surface area contributed by atoms with E-state index in [1.165, 1.54) is 7.11 Å². The molecule has 12 heteroatoms. The van der Waals surface area contributed by atoms with E-state index in [0.29, 0.717) is 16.7 Å². The molecule has 39 heavy (non-hydrogen) atoms. The highest BCUT2D eigenvalue weighted by Gasteiger charge is 2.39. The summed E-state index contributed by atoms with van der Waals surface area (Å²) in [5.74, 6) is -0.331. The molecule has 1 N–H and O–H groups in total. The van der Waals surface area contributed by atoms with Crippen molar-refractivity contribution in [3.63, 3.8) is 0 Å². The number of hydrogen-bond donors (Lipinski definition) is 1. The van der Waals surface area contributed by atoms with Gasteiger partial charge in [-0.15, -0.1) is 0 Å². The van der Waals surface area contributed by atoms with Crippen molar-refractivity contribution in [3.8, 4) is 16.9 Å². The van der Waals surface area contributed by atoms with Gasteiger partial charge in [-0.2, -0.15) is 13.5 Å². The summed E-state index contributed by atoms with van der Waals surface area (Å²) in [7, 11) is -2.20. The molecule has 0 spiro atoms. The van der Waals surface area contributed by atoms with Gasteiger partial charge < -0.3 is 14.8 Å². The largest absolute Gasteiger partial charge is 0.496 e.